The Kier molecular flexibility index (Phi) is 5.78. The number of amides is 2. The van der Waals surface area contributed by atoms with Gasteiger partial charge in [0.15, 0.2) is 0 Å². The molecule has 0 saturated carbocycles. The second-order valence-corrected chi connectivity index (χ2v) is 7.06. The molecule has 144 valence electrons. The van der Waals surface area contributed by atoms with Gasteiger partial charge < -0.3 is 9.80 Å². The predicted octanol–water partition coefficient (Wildman–Crippen LogP) is 1.10. The largest absolute Gasteiger partial charge is 0.338 e. The molecule has 0 radical (unpaired) electrons. The fraction of sp³-hybridized carbons (Fsp3) is 0.500. The molecule has 1 saturated heterocycles. The smallest absolute Gasteiger partial charge is 0.244 e. The van der Waals surface area contributed by atoms with E-state index >= 15 is 0 Å². The van der Waals surface area contributed by atoms with Crippen molar-refractivity contribution in [3.8, 4) is 0 Å². The van der Waals surface area contributed by atoms with Crippen molar-refractivity contribution in [2.75, 3.05) is 13.1 Å². The van der Waals surface area contributed by atoms with Gasteiger partial charge in [0.05, 0.1) is 6.04 Å². The van der Waals surface area contributed by atoms with E-state index in [1.165, 1.54) is 23.1 Å². The van der Waals surface area contributed by atoms with Crippen LogP contribution >= 0.6 is 0 Å². The number of tetrazole rings is 1. The van der Waals surface area contributed by atoms with E-state index < -0.39 is 0 Å². The van der Waals surface area contributed by atoms with Crippen LogP contribution in [0.1, 0.15) is 25.8 Å². The number of nitrogens with zero attached hydrogens (tertiary/aromatic N) is 6. The second kappa shape index (κ2) is 8.24. The topological polar surface area (TPSA) is 84.2 Å². The van der Waals surface area contributed by atoms with Crippen LogP contribution in [0.4, 0.5) is 4.39 Å². The third-order valence-corrected chi connectivity index (χ3v) is 4.80. The van der Waals surface area contributed by atoms with Crippen molar-refractivity contribution < 1.29 is 14.0 Å². The van der Waals surface area contributed by atoms with Gasteiger partial charge in [-0.1, -0.05) is 26.0 Å². The first-order valence-corrected chi connectivity index (χ1v) is 8.96. The summed E-state index contributed by atoms with van der Waals surface area (Å²) in [6, 6.07) is 6.04. The van der Waals surface area contributed by atoms with Gasteiger partial charge in [-0.15, -0.1) is 5.10 Å². The summed E-state index contributed by atoms with van der Waals surface area (Å²) in [5.41, 5.74) is 0.865. The quantitative estimate of drug-likeness (QED) is 0.782. The molecule has 0 bridgehead atoms. The van der Waals surface area contributed by atoms with Gasteiger partial charge in [-0.3, -0.25) is 9.59 Å². The summed E-state index contributed by atoms with van der Waals surface area (Å²) in [4.78, 5) is 28.9. The first kappa shape index (κ1) is 18.9. The Morgan fingerprint density at radius 1 is 1.30 bits per heavy atom. The van der Waals surface area contributed by atoms with Crippen LogP contribution in [0.2, 0.25) is 0 Å². The van der Waals surface area contributed by atoms with Crippen molar-refractivity contribution in [1.82, 2.24) is 30.0 Å². The molecular weight excluding hydrogens is 351 g/mol. The lowest BCUT2D eigenvalue weighted by atomic mass is 10.0. The SMILES string of the molecule is CC(C)[C@@H]1CN(C(=O)Cn2cnnn2)CCC(=O)N1Cc1ccc(F)cc1. The van der Waals surface area contributed by atoms with Crippen molar-refractivity contribution >= 4 is 11.8 Å². The molecule has 1 aromatic heterocycles. The lowest BCUT2D eigenvalue weighted by Crippen LogP contribution is -2.47. The lowest BCUT2D eigenvalue weighted by molar-refractivity contribution is -0.134. The average Bonchev–Trinajstić information content (AvgIpc) is 3.08. The third-order valence-electron chi connectivity index (χ3n) is 4.80. The highest BCUT2D eigenvalue weighted by Gasteiger charge is 2.33. The number of benzene rings is 1. The molecule has 2 heterocycles. The highest BCUT2D eigenvalue weighted by molar-refractivity contribution is 5.80. The van der Waals surface area contributed by atoms with E-state index in [1.807, 2.05) is 18.7 Å². The number of halogens is 1. The Balaban J connectivity index is 1.75. The zero-order chi connectivity index (χ0) is 19.4. The maximum absolute atomic E-state index is 13.2. The lowest BCUT2D eigenvalue weighted by Gasteiger charge is -2.34. The summed E-state index contributed by atoms with van der Waals surface area (Å²) in [7, 11) is 0. The van der Waals surface area contributed by atoms with Crippen LogP contribution in [-0.4, -0.2) is 61.0 Å². The van der Waals surface area contributed by atoms with Gasteiger partial charge >= 0.3 is 0 Å². The zero-order valence-electron chi connectivity index (χ0n) is 15.5. The molecule has 9 heteroatoms. The first-order valence-electron chi connectivity index (χ1n) is 8.96. The summed E-state index contributed by atoms with van der Waals surface area (Å²) in [5, 5.41) is 10.8. The molecule has 0 unspecified atom stereocenters. The van der Waals surface area contributed by atoms with Crippen LogP contribution in [0, 0.1) is 11.7 Å². The first-order chi connectivity index (χ1) is 12.9. The number of hydrogen-bond acceptors (Lipinski definition) is 5. The Morgan fingerprint density at radius 2 is 2.04 bits per heavy atom. The average molecular weight is 374 g/mol. The normalized spacial score (nSPS) is 18.1. The van der Waals surface area contributed by atoms with Crippen molar-refractivity contribution in [1.29, 1.82) is 0 Å². The van der Waals surface area contributed by atoms with Gasteiger partial charge in [-0.2, -0.15) is 0 Å². The number of hydrogen-bond donors (Lipinski definition) is 0. The van der Waals surface area contributed by atoms with Gasteiger partial charge in [0.25, 0.3) is 0 Å². The maximum Gasteiger partial charge on any atom is 0.244 e. The second-order valence-electron chi connectivity index (χ2n) is 7.06. The molecule has 0 N–H and O–H groups in total. The van der Waals surface area contributed by atoms with E-state index in [-0.39, 0.29) is 42.6 Å². The van der Waals surface area contributed by atoms with Gasteiger partial charge in [0.1, 0.15) is 18.7 Å². The summed E-state index contributed by atoms with van der Waals surface area (Å²) >= 11 is 0. The summed E-state index contributed by atoms with van der Waals surface area (Å²) in [6.07, 6.45) is 1.65. The molecule has 1 aromatic carbocycles. The fourth-order valence-electron chi connectivity index (χ4n) is 3.26. The number of carbonyl (C=O) groups is 2. The van der Waals surface area contributed by atoms with E-state index in [2.05, 4.69) is 15.5 Å². The Bertz CT molecular complexity index is 778. The van der Waals surface area contributed by atoms with Crippen LogP contribution in [0.15, 0.2) is 30.6 Å². The molecule has 0 spiro atoms. The molecule has 1 aliphatic heterocycles. The minimum Gasteiger partial charge on any atom is -0.338 e. The molecule has 1 atom stereocenters. The van der Waals surface area contributed by atoms with Gasteiger partial charge in [0.2, 0.25) is 11.8 Å². The van der Waals surface area contributed by atoms with Crippen molar-refractivity contribution in [2.45, 2.75) is 39.4 Å². The Labute approximate surface area is 156 Å². The number of aromatic nitrogens is 4. The minimum absolute atomic E-state index is 0.00394. The number of rotatable bonds is 5. The van der Waals surface area contributed by atoms with Crippen LogP contribution in [0.3, 0.4) is 0 Å². The van der Waals surface area contributed by atoms with E-state index in [1.54, 1.807) is 17.0 Å². The van der Waals surface area contributed by atoms with E-state index in [0.717, 1.165) is 5.56 Å². The molecule has 1 aliphatic rings. The summed E-state index contributed by atoms with van der Waals surface area (Å²) in [6.45, 7) is 5.32. The van der Waals surface area contributed by atoms with Crippen molar-refractivity contribution in [3.05, 3.63) is 42.0 Å². The van der Waals surface area contributed by atoms with E-state index in [0.29, 0.717) is 19.6 Å². The highest BCUT2D eigenvalue weighted by atomic mass is 19.1. The van der Waals surface area contributed by atoms with Crippen LogP contribution < -0.4 is 0 Å². The van der Waals surface area contributed by atoms with Crippen molar-refractivity contribution in [3.63, 3.8) is 0 Å². The summed E-state index contributed by atoms with van der Waals surface area (Å²) < 4.78 is 14.5. The molecule has 27 heavy (non-hydrogen) atoms. The minimum atomic E-state index is -0.305. The summed E-state index contributed by atoms with van der Waals surface area (Å²) in [5.74, 6) is -0.267. The fourth-order valence-corrected chi connectivity index (χ4v) is 3.26. The standard InChI is InChI=1S/C18H23FN6O2/c1-13(2)16-10-23(18(27)11-24-12-20-21-22-24)8-7-17(26)25(16)9-14-3-5-15(19)6-4-14/h3-6,12-13,16H,7-11H2,1-2H3/t16-/m0/s1. The molecular formula is C18H23FN6O2. The molecule has 0 aliphatic carbocycles. The van der Waals surface area contributed by atoms with Crippen molar-refractivity contribution in [2.24, 2.45) is 5.92 Å². The van der Waals surface area contributed by atoms with Gasteiger partial charge in [0, 0.05) is 26.1 Å². The molecule has 1 fully saturated rings. The zero-order valence-corrected chi connectivity index (χ0v) is 15.5. The molecule has 2 amide bonds. The van der Waals surface area contributed by atoms with Crippen LogP contribution in [0.25, 0.3) is 0 Å². The molecule has 3 rings (SSSR count). The van der Waals surface area contributed by atoms with Crippen LogP contribution in [-0.2, 0) is 22.7 Å². The number of carbonyl (C=O) groups excluding carboxylic acids is 2. The maximum atomic E-state index is 13.2. The van der Waals surface area contributed by atoms with E-state index in [9.17, 15) is 14.0 Å². The monoisotopic (exact) mass is 374 g/mol. The Morgan fingerprint density at radius 3 is 2.67 bits per heavy atom. The van der Waals surface area contributed by atoms with Gasteiger partial charge in [-0.25, -0.2) is 9.07 Å². The van der Waals surface area contributed by atoms with Gasteiger partial charge in [-0.05, 0) is 34.0 Å². The third kappa shape index (κ3) is 4.66. The molecule has 8 nitrogen and oxygen atoms in total. The van der Waals surface area contributed by atoms with E-state index in [4.69, 9.17) is 0 Å². The van der Waals surface area contributed by atoms with Crippen LogP contribution in [0.5, 0.6) is 0 Å². The predicted molar refractivity (Wildman–Crippen MR) is 94.6 cm³/mol. The molecule has 2 aromatic rings. The highest BCUT2D eigenvalue weighted by Crippen LogP contribution is 2.21. The Hall–Kier alpha value is -2.84.